The van der Waals surface area contributed by atoms with E-state index in [2.05, 4.69) is 15.8 Å². The Hall–Kier alpha value is -5.19. The lowest BCUT2D eigenvalue weighted by molar-refractivity contribution is -0.137. The van der Waals surface area contributed by atoms with Crippen molar-refractivity contribution in [2.45, 2.75) is 6.18 Å². The molecule has 3 aromatic carbocycles. The van der Waals surface area contributed by atoms with Gasteiger partial charge in [-0.2, -0.15) is 18.3 Å². The van der Waals surface area contributed by atoms with Crippen molar-refractivity contribution in [2.75, 3.05) is 5.32 Å². The molecule has 1 aromatic heterocycles. The second-order valence-corrected chi connectivity index (χ2v) is 7.72. The average molecular weight is 521 g/mol. The quantitative estimate of drug-likeness (QED) is 0.144. The van der Waals surface area contributed by atoms with Crippen LogP contribution < -0.4 is 15.5 Å². The number of carbonyl (C=O) groups excluding carboxylic acids is 3. The van der Waals surface area contributed by atoms with Gasteiger partial charge in [-0.3, -0.25) is 9.59 Å². The number of nitrogens with one attached hydrogen (secondary N) is 2. The van der Waals surface area contributed by atoms with Gasteiger partial charge in [0.25, 0.3) is 11.8 Å². The molecule has 8 nitrogen and oxygen atoms in total. The van der Waals surface area contributed by atoms with Crippen molar-refractivity contribution in [1.29, 1.82) is 0 Å². The number of nitrogens with zero attached hydrogens (tertiary/aromatic N) is 1. The first-order chi connectivity index (χ1) is 18.2. The predicted octanol–water partition coefficient (Wildman–Crippen LogP) is 5.53. The van der Waals surface area contributed by atoms with E-state index in [0.29, 0.717) is 5.56 Å². The van der Waals surface area contributed by atoms with Crippen LogP contribution >= 0.6 is 0 Å². The van der Waals surface area contributed by atoms with Crippen LogP contribution in [0.1, 0.15) is 42.4 Å². The predicted molar refractivity (Wildman–Crippen MR) is 131 cm³/mol. The monoisotopic (exact) mass is 521 g/mol. The first-order valence-electron chi connectivity index (χ1n) is 11.0. The van der Waals surface area contributed by atoms with E-state index < -0.39 is 29.5 Å². The molecule has 2 N–H and O–H groups in total. The summed E-state index contributed by atoms with van der Waals surface area (Å²) in [5.74, 6) is -1.89. The Kier molecular flexibility index (Phi) is 7.66. The van der Waals surface area contributed by atoms with Gasteiger partial charge in [0.1, 0.15) is 5.75 Å². The third-order valence-electron chi connectivity index (χ3n) is 5.05. The second-order valence-electron chi connectivity index (χ2n) is 7.72. The summed E-state index contributed by atoms with van der Waals surface area (Å²) in [6, 6.07) is 19.3. The van der Waals surface area contributed by atoms with E-state index >= 15 is 0 Å². The number of alkyl halides is 3. The molecular weight excluding hydrogens is 503 g/mol. The summed E-state index contributed by atoms with van der Waals surface area (Å²) in [4.78, 5) is 37.1. The van der Waals surface area contributed by atoms with Crippen molar-refractivity contribution >= 4 is 29.7 Å². The summed E-state index contributed by atoms with van der Waals surface area (Å²) in [5, 5.41) is 6.36. The van der Waals surface area contributed by atoms with Crippen LogP contribution in [0.5, 0.6) is 5.75 Å². The van der Waals surface area contributed by atoms with Gasteiger partial charge in [-0.1, -0.05) is 24.3 Å². The van der Waals surface area contributed by atoms with E-state index in [1.54, 1.807) is 30.3 Å². The molecule has 0 saturated heterocycles. The fourth-order valence-corrected chi connectivity index (χ4v) is 3.23. The maximum atomic E-state index is 12.9. The summed E-state index contributed by atoms with van der Waals surface area (Å²) >= 11 is 0. The van der Waals surface area contributed by atoms with Gasteiger partial charge in [-0.25, -0.2) is 10.2 Å². The number of benzene rings is 3. The maximum absolute atomic E-state index is 12.9. The molecule has 1 heterocycles. The number of para-hydroxylation sites is 1. The largest absolute Gasteiger partial charge is 0.457 e. The van der Waals surface area contributed by atoms with Crippen LogP contribution in [0.2, 0.25) is 0 Å². The molecule has 0 unspecified atom stereocenters. The number of furan rings is 1. The smallest absolute Gasteiger partial charge is 0.416 e. The first-order valence-corrected chi connectivity index (χ1v) is 11.0. The Morgan fingerprint density at radius 3 is 2.32 bits per heavy atom. The minimum atomic E-state index is -4.59. The van der Waals surface area contributed by atoms with Gasteiger partial charge < -0.3 is 14.5 Å². The number of carbonyl (C=O) groups is 3. The lowest BCUT2D eigenvalue weighted by Gasteiger charge is -2.10. The Balaban J connectivity index is 1.40. The molecule has 0 aliphatic carbocycles. The molecule has 11 heteroatoms. The third-order valence-corrected chi connectivity index (χ3v) is 5.05. The number of rotatable bonds is 7. The van der Waals surface area contributed by atoms with Gasteiger partial charge in [0.05, 0.1) is 18.0 Å². The van der Waals surface area contributed by atoms with Crippen LogP contribution in [0, 0.1) is 0 Å². The van der Waals surface area contributed by atoms with Gasteiger partial charge in [0.2, 0.25) is 5.76 Å². The van der Waals surface area contributed by atoms with Gasteiger partial charge in [0.15, 0.2) is 0 Å². The molecule has 0 spiro atoms. The zero-order valence-electron chi connectivity index (χ0n) is 19.4. The Morgan fingerprint density at radius 1 is 0.842 bits per heavy atom. The number of halogens is 3. The molecule has 38 heavy (non-hydrogen) atoms. The molecule has 0 saturated carbocycles. The number of ether oxygens (including phenoxy) is 1. The number of hydrazone groups is 1. The number of hydrogen-bond acceptors (Lipinski definition) is 6. The van der Waals surface area contributed by atoms with Crippen LogP contribution in [-0.2, 0) is 6.18 Å². The lowest BCUT2D eigenvalue weighted by Crippen LogP contribution is -2.18. The second kappa shape index (κ2) is 11.2. The Bertz CT molecular complexity index is 1500. The normalized spacial score (nSPS) is 11.2. The first kappa shape index (κ1) is 25.9. The molecule has 192 valence electrons. The van der Waals surface area contributed by atoms with Crippen LogP contribution in [0.15, 0.2) is 101 Å². The minimum Gasteiger partial charge on any atom is -0.457 e. The highest BCUT2D eigenvalue weighted by molar-refractivity contribution is 6.05. The minimum absolute atomic E-state index is 0.0186. The standard InChI is InChI=1S/C27H18F3N3O5/c28-27(29,30)20-9-3-7-17(14-20)24(34)32-21-10-4-8-18(15-21)25(35)33-31-16-19-6-1-2-11-22(19)38-26(36)23-12-5-13-37-23/h1-16H,(H,32,34)(H,33,35). The van der Waals surface area contributed by atoms with Crippen molar-refractivity contribution in [1.82, 2.24) is 5.43 Å². The highest BCUT2D eigenvalue weighted by Gasteiger charge is 2.30. The van der Waals surface area contributed by atoms with Crippen molar-refractivity contribution in [3.63, 3.8) is 0 Å². The highest BCUT2D eigenvalue weighted by Crippen LogP contribution is 2.29. The van der Waals surface area contributed by atoms with Crippen molar-refractivity contribution in [3.8, 4) is 5.75 Å². The van der Waals surface area contributed by atoms with E-state index in [9.17, 15) is 27.6 Å². The molecule has 0 bridgehead atoms. The molecule has 0 atom stereocenters. The van der Waals surface area contributed by atoms with E-state index in [1.807, 2.05) is 0 Å². The van der Waals surface area contributed by atoms with Gasteiger partial charge in [-0.05, 0) is 60.7 Å². The molecule has 4 aromatic rings. The summed E-state index contributed by atoms with van der Waals surface area (Å²) < 4.78 is 49.1. The van der Waals surface area contributed by atoms with Crippen molar-refractivity contribution in [3.05, 3.63) is 119 Å². The van der Waals surface area contributed by atoms with Gasteiger partial charge in [0, 0.05) is 22.4 Å². The average Bonchev–Trinajstić information content (AvgIpc) is 3.45. The van der Waals surface area contributed by atoms with Crippen molar-refractivity contribution < 1.29 is 36.7 Å². The maximum Gasteiger partial charge on any atom is 0.416 e. The molecular formula is C27H18F3N3O5. The van der Waals surface area contributed by atoms with E-state index in [-0.39, 0.29) is 28.3 Å². The van der Waals surface area contributed by atoms with Crippen LogP contribution in [0.25, 0.3) is 0 Å². The summed E-state index contributed by atoms with van der Waals surface area (Å²) in [5.41, 5.74) is 1.90. The van der Waals surface area contributed by atoms with E-state index in [4.69, 9.17) is 9.15 Å². The van der Waals surface area contributed by atoms with Crippen LogP contribution in [-0.4, -0.2) is 24.0 Å². The molecule has 0 fully saturated rings. The summed E-state index contributed by atoms with van der Waals surface area (Å²) in [7, 11) is 0. The van der Waals surface area contributed by atoms with Crippen molar-refractivity contribution in [2.24, 2.45) is 5.10 Å². The van der Waals surface area contributed by atoms with E-state index in [1.165, 1.54) is 48.9 Å². The van der Waals surface area contributed by atoms with E-state index in [0.717, 1.165) is 18.2 Å². The lowest BCUT2D eigenvalue weighted by atomic mass is 10.1. The van der Waals surface area contributed by atoms with Crippen LogP contribution in [0.3, 0.4) is 0 Å². The molecule has 2 amide bonds. The molecule has 0 aliphatic rings. The Labute approximate surface area is 213 Å². The van der Waals surface area contributed by atoms with Gasteiger partial charge >= 0.3 is 12.1 Å². The fraction of sp³-hybridized carbons (Fsp3) is 0.0370. The fourth-order valence-electron chi connectivity index (χ4n) is 3.23. The summed E-state index contributed by atoms with van der Waals surface area (Å²) in [6.45, 7) is 0. The van der Waals surface area contributed by atoms with Crippen LogP contribution in [0.4, 0.5) is 18.9 Å². The zero-order chi connectivity index (χ0) is 27.1. The number of amides is 2. The number of hydrogen-bond donors (Lipinski definition) is 2. The molecule has 0 aliphatic heterocycles. The van der Waals surface area contributed by atoms with Gasteiger partial charge in [-0.15, -0.1) is 0 Å². The Morgan fingerprint density at radius 2 is 1.58 bits per heavy atom. The highest BCUT2D eigenvalue weighted by atomic mass is 19.4. The zero-order valence-corrected chi connectivity index (χ0v) is 19.4. The summed E-state index contributed by atoms with van der Waals surface area (Å²) in [6.07, 6.45) is -1.97. The molecule has 4 rings (SSSR count). The molecule has 0 radical (unpaired) electrons. The topological polar surface area (TPSA) is 110 Å². The third kappa shape index (κ3) is 6.52. The SMILES string of the molecule is O=C(NN=Cc1ccccc1OC(=O)c1ccco1)c1cccc(NC(=O)c2cccc(C(F)(F)F)c2)c1. The number of anilines is 1. The number of esters is 1.